The summed E-state index contributed by atoms with van der Waals surface area (Å²) in [4.78, 5) is 14.9. The molecule has 22 heavy (non-hydrogen) atoms. The van der Waals surface area contributed by atoms with E-state index in [9.17, 15) is 22.4 Å². The lowest BCUT2D eigenvalue weighted by Crippen LogP contribution is -2.64. The number of nitrogens with zero attached hydrogens (tertiary/aromatic N) is 1. The second-order valence-corrected chi connectivity index (χ2v) is 4.71. The van der Waals surface area contributed by atoms with Crippen LogP contribution in [0.1, 0.15) is 5.56 Å². The predicted molar refractivity (Wildman–Crippen MR) is 68.9 cm³/mol. The number of alkyl halides is 3. The van der Waals surface area contributed by atoms with Crippen LogP contribution >= 0.6 is 11.6 Å². The van der Waals surface area contributed by atoms with Crippen LogP contribution < -0.4 is 11.1 Å². The van der Waals surface area contributed by atoms with Crippen LogP contribution in [0.3, 0.4) is 0 Å². The maximum Gasteiger partial charge on any atom is 0.427 e. The molecule has 0 saturated heterocycles. The van der Waals surface area contributed by atoms with Crippen molar-refractivity contribution in [1.82, 2.24) is 10.3 Å². The fourth-order valence-corrected chi connectivity index (χ4v) is 2.22. The highest BCUT2D eigenvalue weighted by Crippen LogP contribution is 2.45. The second-order valence-electron chi connectivity index (χ2n) is 4.34. The molecule has 0 radical (unpaired) electrons. The van der Waals surface area contributed by atoms with E-state index in [1.54, 1.807) is 5.32 Å². The summed E-state index contributed by atoms with van der Waals surface area (Å²) in [6, 6.07) is 2.58. The summed E-state index contributed by atoms with van der Waals surface area (Å²) in [5.74, 6) is -3.65. The van der Waals surface area contributed by atoms with Gasteiger partial charge in [-0.2, -0.15) is 13.2 Å². The van der Waals surface area contributed by atoms with Crippen LogP contribution in [0.2, 0.25) is 0 Å². The summed E-state index contributed by atoms with van der Waals surface area (Å²) in [6.07, 6.45) is -3.00. The third-order valence-corrected chi connectivity index (χ3v) is 3.52. The molecule has 0 aromatic carbocycles. The number of nitrogens with one attached hydrogen (secondary N) is 1. The maximum atomic E-state index is 14.1. The van der Waals surface area contributed by atoms with Crippen LogP contribution in [-0.4, -0.2) is 27.8 Å². The van der Waals surface area contributed by atoms with Gasteiger partial charge in [-0.25, -0.2) is 9.18 Å². The Bertz CT molecular complexity index is 687. The first-order valence-electron chi connectivity index (χ1n) is 5.67. The Labute approximate surface area is 126 Å². The van der Waals surface area contributed by atoms with Crippen LogP contribution in [0.5, 0.6) is 0 Å². The number of dihydropyridines is 1. The quantitative estimate of drug-likeness (QED) is 0.719. The molecule has 0 fully saturated rings. The first-order valence-corrected chi connectivity index (χ1v) is 6.05. The van der Waals surface area contributed by atoms with Crippen LogP contribution in [0.15, 0.2) is 41.1 Å². The van der Waals surface area contributed by atoms with Crippen molar-refractivity contribution in [2.45, 2.75) is 11.7 Å². The van der Waals surface area contributed by atoms with Gasteiger partial charge in [0.25, 0.3) is 5.54 Å². The lowest BCUT2D eigenvalue weighted by atomic mass is 9.91. The highest BCUT2D eigenvalue weighted by molar-refractivity contribution is 6.34. The summed E-state index contributed by atoms with van der Waals surface area (Å²) >= 11 is 5.42. The maximum absolute atomic E-state index is 14.1. The number of pyridine rings is 1. The van der Waals surface area contributed by atoms with E-state index >= 15 is 0 Å². The summed E-state index contributed by atoms with van der Waals surface area (Å²) in [5.41, 5.74) is -0.448. The Morgan fingerprint density at radius 2 is 2.09 bits per heavy atom. The molecule has 2 heterocycles. The number of halogens is 5. The van der Waals surface area contributed by atoms with Gasteiger partial charge in [-0.15, -0.1) is 0 Å². The highest BCUT2D eigenvalue weighted by Gasteiger charge is 2.66. The zero-order valence-corrected chi connectivity index (χ0v) is 11.3. The van der Waals surface area contributed by atoms with E-state index < -0.39 is 39.9 Å². The average Bonchev–Trinajstić information content (AvgIpc) is 2.44. The molecule has 1 aromatic heterocycles. The number of aromatic nitrogens is 1. The molecule has 1 atom stereocenters. The normalized spacial score (nSPS) is 22.6. The van der Waals surface area contributed by atoms with Crippen LogP contribution in [0, 0.1) is 0 Å². The highest BCUT2D eigenvalue weighted by atomic mass is 35.5. The fourth-order valence-electron chi connectivity index (χ4n) is 1.90. The molecule has 0 amide bonds. The zero-order chi connectivity index (χ0) is 16.7. The lowest BCUT2D eigenvalue weighted by molar-refractivity contribution is -0.197. The SMILES string of the molecule is NC1=C(Cl)C(C(=O)O)(C(F)(F)F)NC(c2cccnc2)=C1F. The Hall–Kier alpha value is -2.29. The zero-order valence-electron chi connectivity index (χ0n) is 10.6. The first-order chi connectivity index (χ1) is 10.1. The van der Waals surface area contributed by atoms with Crippen LogP contribution in [0.25, 0.3) is 5.70 Å². The lowest BCUT2D eigenvalue weighted by Gasteiger charge is -2.37. The van der Waals surface area contributed by atoms with E-state index in [1.807, 2.05) is 0 Å². The molecular weight excluding hydrogens is 330 g/mol. The first kappa shape index (κ1) is 16.1. The third-order valence-electron chi connectivity index (χ3n) is 3.03. The van der Waals surface area contributed by atoms with Crippen molar-refractivity contribution < 1.29 is 27.5 Å². The van der Waals surface area contributed by atoms with Gasteiger partial charge in [-0.05, 0) is 12.1 Å². The van der Waals surface area contributed by atoms with Gasteiger partial charge in [0.1, 0.15) is 0 Å². The van der Waals surface area contributed by atoms with Gasteiger partial charge >= 0.3 is 12.1 Å². The molecule has 118 valence electrons. The third kappa shape index (κ3) is 2.17. The van der Waals surface area contributed by atoms with Crippen molar-refractivity contribution in [1.29, 1.82) is 0 Å². The molecular formula is C12H8ClF4N3O2. The molecule has 0 spiro atoms. The Kier molecular flexibility index (Phi) is 3.78. The van der Waals surface area contributed by atoms with Crippen LogP contribution in [-0.2, 0) is 4.79 Å². The fraction of sp³-hybridized carbons (Fsp3) is 0.167. The van der Waals surface area contributed by atoms with E-state index in [1.165, 1.54) is 18.3 Å². The van der Waals surface area contributed by atoms with Crippen molar-refractivity contribution in [3.63, 3.8) is 0 Å². The molecule has 2 rings (SSSR count). The number of nitrogens with two attached hydrogens (primary N) is 1. The standard InChI is InChI=1S/C12H8ClF4N3O2/c13-9-7(18)6(14)8(5-2-1-3-19-4-5)20-11(9,10(21)22)12(15,16)17/h1-4,20H,18H2,(H,21,22). The Morgan fingerprint density at radius 1 is 1.45 bits per heavy atom. The number of allylic oxidation sites excluding steroid dienone is 1. The van der Waals surface area contributed by atoms with E-state index in [-0.39, 0.29) is 5.56 Å². The molecule has 1 unspecified atom stereocenters. The number of rotatable bonds is 2. The van der Waals surface area contributed by atoms with Crippen molar-refractivity contribution in [2.24, 2.45) is 5.73 Å². The number of aliphatic carboxylic acids is 1. The molecule has 4 N–H and O–H groups in total. The molecule has 10 heteroatoms. The van der Waals surface area contributed by atoms with Gasteiger partial charge in [0, 0.05) is 18.0 Å². The molecule has 1 aliphatic rings. The van der Waals surface area contributed by atoms with E-state index in [2.05, 4.69) is 4.98 Å². The Morgan fingerprint density at radius 3 is 2.55 bits per heavy atom. The van der Waals surface area contributed by atoms with Crippen molar-refractivity contribution in [3.05, 3.63) is 46.6 Å². The Balaban J connectivity index is 2.73. The minimum absolute atomic E-state index is 0.109. The molecule has 0 bridgehead atoms. The number of hydrogen-bond donors (Lipinski definition) is 3. The number of carboxylic acids is 1. The summed E-state index contributed by atoms with van der Waals surface area (Å²) in [6.45, 7) is 0. The molecule has 1 aliphatic heterocycles. The van der Waals surface area contributed by atoms with Gasteiger partial charge in [0.05, 0.1) is 16.4 Å². The molecule has 5 nitrogen and oxygen atoms in total. The van der Waals surface area contributed by atoms with Gasteiger partial charge in [-0.3, -0.25) is 4.98 Å². The van der Waals surface area contributed by atoms with Gasteiger partial charge in [0.15, 0.2) is 5.83 Å². The van der Waals surface area contributed by atoms with Gasteiger partial charge in [0.2, 0.25) is 0 Å². The summed E-state index contributed by atoms with van der Waals surface area (Å²) < 4.78 is 54.1. The molecule has 0 saturated carbocycles. The summed E-state index contributed by atoms with van der Waals surface area (Å²) in [7, 11) is 0. The smallest absolute Gasteiger partial charge is 0.427 e. The van der Waals surface area contributed by atoms with Gasteiger partial charge < -0.3 is 16.2 Å². The molecule has 0 aliphatic carbocycles. The minimum atomic E-state index is -5.37. The monoisotopic (exact) mass is 337 g/mol. The van der Waals surface area contributed by atoms with Crippen LogP contribution in [0.4, 0.5) is 17.6 Å². The number of carboxylic acid groups (broad SMARTS) is 1. The van der Waals surface area contributed by atoms with E-state index in [0.29, 0.717) is 0 Å². The van der Waals surface area contributed by atoms with E-state index in [4.69, 9.17) is 22.4 Å². The predicted octanol–water partition coefficient (Wildman–Crippen LogP) is 2.12. The van der Waals surface area contributed by atoms with Gasteiger partial charge in [-0.1, -0.05) is 11.6 Å². The van der Waals surface area contributed by atoms with Crippen molar-refractivity contribution in [3.8, 4) is 0 Å². The molecule has 1 aromatic rings. The topological polar surface area (TPSA) is 88.2 Å². The second kappa shape index (κ2) is 5.16. The number of hydrogen-bond acceptors (Lipinski definition) is 4. The average molecular weight is 338 g/mol. The van der Waals surface area contributed by atoms with Crippen molar-refractivity contribution >= 4 is 23.3 Å². The largest absolute Gasteiger partial charge is 0.479 e. The van der Waals surface area contributed by atoms with Crippen molar-refractivity contribution in [2.75, 3.05) is 0 Å². The summed E-state index contributed by atoms with van der Waals surface area (Å²) in [5, 5.41) is 9.28. The van der Waals surface area contributed by atoms with E-state index in [0.717, 1.165) is 6.20 Å². The number of carbonyl (C=O) groups is 1. The minimum Gasteiger partial charge on any atom is -0.479 e.